The van der Waals surface area contributed by atoms with Gasteiger partial charge in [-0.15, -0.1) is 0 Å². The average Bonchev–Trinajstić information content (AvgIpc) is 2.75. The molecule has 144 valence electrons. The van der Waals surface area contributed by atoms with E-state index in [0.717, 1.165) is 36.3 Å². The second kappa shape index (κ2) is 10.6. The fraction of sp³-hybridized carbons (Fsp3) is 0.333. The number of aryl methyl sites for hydroxylation is 1. The molecule has 0 aromatic heterocycles. The molecule has 0 spiro atoms. The van der Waals surface area contributed by atoms with Crippen molar-refractivity contribution in [1.82, 2.24) is 0 Å². The van der Waals surface area contributed by atoms with Gasteiger partial charge in [0.1, 0.15) is 5.75 Å². The monoisotopic (exact) mass is 370 g/mol. The molecule has 0 saturated heterocycles. The van der Waals surface area contributed by atoms with E-state index in [1.807, 2.05) is 0 Å². The summed E-state index contributed by atoms with van der Waals surface area (Å²) < 4.78 is 5.92. The number of ether oxygens (including phenoxy) is 1. The Labute approximate surface area is 169 Å². The van der Waals surface area contributed by atoms with Crippen molar-refractivity contribution in [2.75, 3.05) is 6.61 Å². The van der Waals surface area contributed by atoms with Gasteiger partial charge in [-0.1, -0.05) is 75.6 Å². The summed E-state index contributed by atoms with van der Waals surface area (Å²) in [7, 11) is 0. The molecule has 0 heterocycles. The van der Waals surface area contributed by atoms with E-state index in [1.165, 1.54) is 42.0 Å². The summed E-state index contributed by atoms with van der Waals surface area (Å²) in [6.07, 6.45) is 7.36. The molecule has 0 atom stereocenters. The van der Waals surface area contributed by atoms with Gasteiger partial charge in [0.15, 0.2) is 0 Å². The first-order chi connectivity index (χ1) is 13.8. The highest BCUT2D eigenvalue weighted by molar-refractivity contribution is 5.85. The Morgan fingerprint density at radius 2 is 1.36 bits per heavy atom. The Bertz CT molecular complexity index is 941. The summed E-state index contributed by atoms with van der Waals surface area (Å²) in [5.74, 6) is 7.50. The lowest BCUT2D eigenvalue weighted by atomic mass is 10.1. The topological polar surface area (TPSA) is 9.23 Å². The van der Waals surface area contributed by atoms with Crippen LogP contribution in [0.2, 0.25) is 0 Å². The normalized spacial score (nSPS) is 10.5. The van der Waals surface area contributed by atoms with Crippen molar-refractivity contribution >= 4 is 10.8 Å². The van der Waals surface area contributed by atoms with Crippen molar-refractivity contribution in [3.8, 4) is 17.6 Å². The average molecular weight is 371 g/mol. The van der Waals surface area contributed by atoms with Crippen molar-refractivity contribution in [2.45, 2.75) is 52.4 Å². The quantitative estimate of drug-likeness (QED) is 0.302. The molecular formula is C27H30O. The zero-order valence-electron chi connectivity index (χ0n) is 17.1. The molecule has 0 radical (unpaired) electrons. The molecule has 0 amide bonds. The van der Waals surface area contributed by atoms with Gasteiger partial charge in [0.2, 0.25) is 0 Å². The van der Waals surface area contributed by atoms with Crippen molar-refractivity contribution in [3.63, 3.8) is 0 Å². The first-order valence-electron chi connectivity index (χ1n) is 10.6. The maximum absolute atomic E-state index is 5.92. The van der Waals surface area contributed by atoms with Crippen molar-refractivity contribution in [2.24, 2.45) is 0 Å². The molecule has 3 aromatic carbocycles. The van der Waals surface area contributed by atoms with E-state index in [0.29, 0.717) is 0 Å². The van der Waals surface area contributed by atoms with Crippen molar-refractivity contribution in [1.29, 1.82) is 0 Å². The third-order valence-corrected chi connectivity index (χ3v) is 5.04. The highest BCUT2D eigenvalue weighted by Crippen LogP contribution is 2.22. The largest absolute Gasteiger partial charge is 0.494 e. The van der Waals surface area contributed by atoms with Crippen LogP contribution in [0.4, 0.5) is 0 Å². The van der Waals surface area contributed by atoms with Crippen LogP contribution in [-0.2, 0) is 6.42 Å². The third-order valence-electron chi connectivity index (χ3n) is 5.04. The number of rotatable bonds is 8. The molecule has 0 saturated carbocycles. The third kappa shape index (κ3) is 5.89. The highest BCUT2D eigenvalue weighted by Gasteiger charge is 1.99. The standard InChI is InChI=1S/C27H30O/c1-3-5-6-7-8-19-28-27-18-17-25-20-24(15-16-26(25)21-27)14-13-23-11-9-22(4-2)10-12-23/h9-12,15-18,20-21H,3-8,19H2,1-2H3. The van der Waals surface area contributed by atoms with Gasteiger partial charge in [0.25, 0.3) is 0 Å². The predicted molar refractivity (Wildman–Crippen MR) is 120 cm³/mol. The van der Waals surface area contributed by atoms with Crippen LogP contribution in [-0.4, -0.2) is 6.61 Å². The molecule has 3 rings (SSSR count). The number of unbranched alkanes of at least 4 members (excludes halogenated alkanes) is 4. The van der Waals surface area contributed by atoms with Crippen LogP contribution >= 0.6 is 0 Å². The zero-order valence-corrected chi connectivity index (χ0v) is 17.1. The van der Waals surface area contributed by atoms with Gasteiger partial charge in [-0.05, 0) is 65.6 Å². The van der Waals surface area contributed by atoms with Gasteiger partial charge in [0.05, 0.1) is 6.61 Å². The van der Waals surface area contributed by atoms with Gasteiger partial charge in [0, 0.05) is 11.1 Å². The number of hydrogen-bond donors (Lipinski definition) is 0. The van der Waals surface area contributed by atoms with E-state index in [1.54, 1.807) is 0 Å². The Morgan fingerprint density at radius 1 is 0.679 bits per heavy atom. The number of fused-ring (bicyclic) bond motifs is 1. The van der Waals surface area contributed by atoms with Crippen molar-refractivity contribution in [3.05, 3.63) is 77.4 Å². The van der Waals surface area contributed by atoms with Crippen LogP contribution in [0.3, 0.4) is 0 Å². The minimum absolute atomic E-state index is 0.801. The summed E-state index contributed by atoms with van der Waals surface area (Å²) in [4.78, 5) is 0. The van der Waals surface area contributed by atoms with Crippen LogP contribution < -0.4 is 4.74 Å². The van der Waals surface area contributed by atoms with Crippen LogP contribution in [0.1, 0.15) is 62.6 Å². The maximum atomic E-state index is 5.92. The Balaban J connectivity index is 1.62. The molecule has 0 aliphatic carbocycles. The maximum Gasteiger partial charge on any atom is 0.119 e. The molecule has 0 unspecified atom stereocenters. The van der Waals surface area contributed by atoms with Gasteiger partial charge >= 0.3 is 0 Å². The molecule has 1 nitrogen and oxygen atoms in total. The van der Waals surface area contributed by atoms with Crippen LogP contribution in [0.25, 0.3) is 10.8 Å². The Hall–Kier alpha value is -2.72. The van der Waals surface area contributed by atoms with Crippen LogP contribution in [0.15, 0.2) is 60.7 Å². The summed E-state index contributed by atoms with van der Waals surface area (Å²) in [6.45, 7) is 5.21. The molecular weight excluding hydrogens is 340 g/mol. The van der Waals surface area contributed by atoms with Crippen LogP contribution in [0, 0.1) is 11.8 Å². The van der Waals surface area contributed by atoms with E-state index >= 15 is 0 Å². The predicted octanol–water partition coefficient (Wildman–Crippen LogP) is 7.15. The first-order valence-corrected chi connectivity index (χ1v) is 10.6. The van der Waals surface area contributed by atoms with E-state index in [-0.39, 0.29) is 0 Å². The highest BCUT2D eigenvalue weighted by atomic mass is 16.5. The molecule has 0 fully saturated rings. The fourth-order valence-electron chi connectivity index (χ4n) is 3.26. The molecule has 0 aliphatic heterocycles. The molecule has 3 aromatic rings. The smallest absolute Gasteiger partial charge is 0.119 e. The Morgan fingerprint density at radius 3 is 2.14 bits per heavy atom. The van der Waals surface area contributed by atoms with E-state index < -0.39 is 0 Å². The van der Waals surface area contributed by atoms with E-state index in [9.17, 15) is 0 Å². The lowest BCUT2D eigenvalue weighted by Gasteiger charge is -2.07. The zero-order chi connectivity index (χ0) is 19.6. The van der Waals surface area contributed by atoms with Gasteiger partial charge in [-0.2, -0.15) is 0 Å². The van der Waals surface area contributed by atoms with Crippen molar-refractivity contribution < 1.29 is 4.74 Å². The summed E-state index contributed by atoms with van der Waals surface area (Å²) in [5.41, 5.74) is 3.44. The molecule has 0 aliphatic rings. The summed E-state index contributed by atoms with van der Waals surface area (Å²) in [5, 5.41) is 2.39. The lowest BCUT2D eigenvalue weighted by Crippen LogP contribution is -1.97. The molecule has 28 heavy (non-hydrogen) atoms. The van der Waals surface area contributed by atoms with Gasteiger partial charge < -0.3 is 4.74 Å². The van der Waals surface area contributed by atoms with Gasteiger partial charge in [-0.25, -0.2) is 0 Å². The fourth-order valence-corrected chi connectivity index (χ4v) is 3.26. The lowest BCUT2D eigenvalue weighted by molar-refractivity contribution is 0.305. The second-order valence-corrected chi connectivity index (χ2v) is 7.29. The minimum atomic E-state index is 0.801. The Kier molecular flexibility index (Phi) is 7.56. The second-order valence-electron chi connectivity index (χ2n) is 7.29. The van der Waals surface area contributed by atoms with E-state index in [4.69, 9.17) is 4.74 Å². The number of benzene rings is 3. The first kappa shape index (κ1) is 20.0. The summed E-state index contributed by atoms with van der Waals surface area (Å²) >= 11 is 0. The number of hydrogen-bond acceptors (Lipinski definition) is 1. The van der Waals surface area contributed by atoms with Crippen LogP contribution in [0.5, 0.6) is 5.75 Å². The van der Waals surface area contributed by atoms with Gasteiger partial charge in [-0.3, -0.25) is 0 Å². The van der Waals surface area contributed by atoms with E-state index in [2.05, 4.69) is 86.4 Å². The molecule has 1 heteroatoms. The minimum Gasteiger partial charge on any atom is -0.494 e. The molecule has 0 bridgehead atoms. The molecule has 0 N–H and O–H groups in total. The summed E-state index contributed by atoms with van der Waals surface area (Å²) in [6, 6.07) is 21.2. The SMILES string of the molecule is CCCCCCCOc1ccc2cc(C#Cc3ccc(CC)cc3)ccc2c1.